The molecule has 0 bridgehead atoms. The van der Waals surface area contributed by atoms with Crippen molar-refractivity contribution in [2.24, 2.45) is 0 Å². The van der Waals surface area contributed by atoms with Gasteiger partial charge in [-0.3, -0.25) is 0 Å². The van der Waals surface area contributed by atoms with E-state index < -0.39 is 0 Å². The Hall–Kier alpha value is -0.870. The molecule has 2 rings (SSSR count). The highest BCUT2D eigenvalue weighted by atomic mass is 35.5. The summed E-state index contributed by atoms with van der Waals surface area (Å²) in [5.41, 5.74) is 7.94. The standard InChI is InChI=1S/C13H18ClN3S/c1-3-18-7-6-9(2)17-12-5-4-10(14)8-11(12)16-13(17)15/h4-5,8-9H,3,6-7H2,1-2H3,(H2,15,16). The monoisotopic (exact) mass is 283 g/mol. The van der Waals surface area contributed by atoms with Crippen LogP contribution in [-0.2, 0) is 0 Å². The normalized spacial score (nSPS) is 13.1. The molecular formula is C13H18ClN3S. The molecule has 18 heavy (non-hydrogen) atoms. The molecule has 0 aliphatic rings. The van der Waals surface area contributed by atoms with E-state index in [0.29, 0.717) is 17.0 Å². The molecule has 0 aliphatic heterocycles. The van der Waals surface area contributed by atoms with Gasteiger partial charge >= 0.3 is 0 Å². The minimum atomic E-state index is 0.357. The third-order valence-electron chi connectivity index (χ3n) is 3.00. The first-order chi connectivity index (χ1) is 8.63. The second-order valence-corrected chi connectivity index (χ2v) is 6.14. The number of hydrogen-bond donors (Lipinski definition) is 1. The van der Waals surface area contributed by atoms with E-state index in [2.05, 4.69) is 23.4 Å². The van der Waals surface area contributed by atoms with Crippen LogP contribution in [0, 0.1) is 0 Å². The summed E-state index contributed by atoms with van der Waals surface area (Å²) >= 11 is 7.92. The van der Waals surface area contributed by atoms with Crippen LogP contribution in [-0.4, -0.2) is 21.1 Å². The number of nitrogens with zero attached hydrogens (tertiary/aromatic N) is 2. The van der Waals surface area contributed by atoms with Crippen LogP contribution < -0.4 is 5.73 Å². The van der Waals surface area contributed by atoms with E-state index in [1.165, 1.54) is 0 Å². The van der Waals surface area contributed by atoms with E-state index in [-0.39, 0.29) is 0 Å². The van der Waals surface area contributed by atoms with Crippen molar-refractivity contribution in [3.8, 4) is 0 Å². The van der Waals surface area contributed by atoms with Gasteiger partial charge in [0.25, 0.3) is 0 Å². The molecule has 0 amide bonds. The molecule has 0 spiro atoms. The van der Waals surface area contributed by atoms with Crippen LogP contribution in [0.15, 0.2) is 18.2 Å². The first kappa shape index (κ1) is 13.6. The molecule has 1 atom stereocenters. The topological polar surface area (TPSA) is 43.8 Å². The number of rotatable bonds is 5. The Morgan fingerprint density at radius 1 is 1.50 bits per heavy atom. The van der Waals surface area contributed by atoms with E-state index in [0.717, 1.165) is 29.0 Å². The van der Waals surface area contributed by atoms with Gasteiger partial charge in [-0.15, -0.1) is 0 Å². The summed E-state index contributed by atoms with van der Waals surface area (Å²) in [6.07, 6.45) is 1.09. The molecule has 2 N–H and O–H groups in total. The summed E-state index contributed by atoms with van der Waals surface area (Å²) < 4.78 is 2.10. The van der Waals surface area contributed by atoms with Crippen molar-refractivity contribution >= 4 is 40.3 Å². The largest absolute Gasteiger partial charge is 0.369 e. The molecule has 0 saturated carbocycles. The number of hydrogen-bond acceptors (Lipinski definition) is 3. The highest BCUT2D eigenvalue weighted by Crippen LogP contribution is 2.27. The number of nitrogen functional groups attached to an aromatic ring is 1. The highest BCUT2D eigenvalue weighted by Gasteiger charge is 2.13. The third-order valence-corrected chi connectivity index (χ3v) is 4.17. The molecule has 5 heteroatoms. The molecule has 1 aromatic carbocycles. The van der Waals surface area contributed by atoms with Gasteiger partial charge in [0.05, 0.1) is 11.0 Å². The molecule has 3 nitrogen and oxygen atoms in total. The minimum absolute atomic E-state index is 0.357. The Morgan fingerprint density at radius 3 is 3.00 bits per heavy atom. The number of aromatic nitrogens is 2. The third kappa shape index (κ3) is 2.75. The van der Waals surface area contributed by atoms with E-state index >= 15 is 0 Å². The molecule has 1 heterocycles. The molecular weight excluding hydrogens is 266 g/mol. The molecule has 0 aliphatic carbocycles. The zero-order valence-corrected chi connectivity index (χ0v) is 12.3. The summed E-state index contributed by atoms with van der Waals surface area (Å²) in [6.45, 7) is 4.36. The number of fused-ring (bicyclic) bond motifs is 1. The van der Waals surface area contributed by atoms with E-state index in [4.69, 9.17) is 17.3 Å². The number of nitrogens with two attached hydrogens (primary N) is 1. The maximum absolute atomic E-state index is 6.01. The Kier molecular flexibility index (Phi) is 4.40. The Labute approximate surface area is 117 Å². The van der Waals surface area contributed by atoms with E-state index in [1.807, 2.05) is 30.0 Å². The van der Waals surface area contributed by atoms with Gasteiger partial charge < -0.3 is 10.3 Å². The predicted molar refractivity (Wildman–Crippen MR) is 81.5 cm³/mol. The second kappa shape index (κ2) is 5.85. The average Bonchev–Trinajstić information content (AvgIpc) is 2.64. The lowest BCUT2D eigenvalue weighted by Crippen LogP contribution is -2.09. The highest BCUT2D eigenvalue weighted by molar-refractivity contribution is 7.99. The number of anilines is 1. The van der Waals surface area contributed by atoms with Gasteiger partial charge in [-0.25, -0.2) is 4.98 Å². The number of imidazole rings is 1. The Bertz CT molecular complexity index is 538. The zero-order valence-electron chi connectivity index (χ0n) is 10.7. The average molecular weight is 284 g/mol. The van der Waals surface area contributed by atoms with Crippen molar-refractivity contribution in [1.82, 2.24) is 9.55 Å². The van der Waals surface area contributed by atoms with Crippen LogP contribution >= 0.6 is 23.4 Å². The quantitative estimate of drug-likeness (QED) is 0.844. The van der Waals surface area contributed by atoms with Crippen molar-refractivity contribution in [3.05, 3.63) is 23.2 Å². The first-order valence-corrected chi connectivity index (χ1v) is 7.67. The van der Waals surface area contributed by atoms with Gasteiger partial charge in [0, 0.05) is 11.1 Å². The lowest BCUT2D eigenvalue weighted by molar-refractivity contribution is 0.556. The first-order valence-electron chi connectivity index (χ1n) is 6.14. The molecule has 1 aromatic heterocycles. The van der Waals surface area contributed by atoms with Gasteiger partial charge in [0.2, 0.25) is 5.95 Å². The van der Waals surface area contributed by atoms with Crippen molar-refractivity contribution in [1.29, 1.82) is 0 Å². The maximum atomic E-state index is 6.01. The van der Waals surface area contributed by atoms with E-state index in [1.54, 1.807) is 0 Å². The van der Waals surface area contributed by atoms with Gasteiger partial charge in [-0.2, -0.15) is 11.8 Å². The van der Waals surface area contributed by atoms with Crippen LogP contribution in [0.1, 0.15) is 26.3 Å². The van der Waals surface area contributed by atoms with Gasteiger partial charge in [0.15, 0.2) is 0 Å². The van der Waals surface area contributed by atoms with Gasteiger partial charge in [-0.05, 0) is 43.0 Å². The van der Waals surface area contributed by atoms with Crippen LogP contribution in [0.4, 0.5) is 5.95 Å². The van der Waals surface area contributed by atoms with Gasteiger partial charge in [0.1, 0.15) is 0 Å². The van der Waals surface area contributed by atoms with Crippen molar-refractivity contribution in [3.63, 3.8) is 0 Å². The van der Waals surface area contributed by atoms with Crippen LogP contribution in [0.5, 0.6) is 0 Å². The van der Waals surface area contributed by atoms with Crippen molar-refractivity contribution < 1.29 is 0 Å². The van der Waals surface area contributed by atoms with Gasteiger partial charge in [-0.1, -0.05) is 18.5 Å². The Balaban J connectivity index is 2.29. The Morgan fingerprint density at radius 2 is 2.28 bits per heavy atom. The maximum Gasteiger partial charge on any atom is 0.201 e. The minimum Gasteiger partial charge on any atom is -0.369 e. The molecule has 98 valence electrons. The van der Waals surface area contributed by atoms with Crippen LogP contribution in [0.2, 0.25) is 5.02 Å². The van der Waals surface area contributed by atoms with Crippen LogP contribution in [0.3, 0.4) is 0 Å². The van der Waals surface area contributed by atoms with Crippen LogP contribution in [0.25, 0.3) is 11.0 Å². The SMILES string of the molecule is CCSCCC(C)n1c(N)nc2cc(Cl)ccc21. The van der Waals surface area contributed by atoms with Crippen molar-refractivity contribution in [2.45, 2.75) is 26.3 Å². The summed E-state index contributed by atoms with van der Waals surface area (Å²) in [5, 5.41) is 0.696. The summed E-state index contributed by atoms with van der Waals surface area (Å²) in [6, 6.07) is 6.09. The summed E-state index contributed by atoms with van der Waals surface area (Å²) in [7, 11) is 0. The fraction of sp³-hybridized carbons (Fsp3) is 0.462. The molecule has 0 radical (unpaired) electrons. The molecule has 2 aromatic rings. The number of halogens is 1. The second-order valence-electron chi connectivity index (χ2n) is 4.31. The molecule has 0 saturated heterocycles. The summed E-state index contributed by atoms with van der Waals surface area (Å²) in [5.74, 6) is 2.87. The van der Waals surface area contributed by atoms with E-state index in [9.17, 15) is 0 Å². The lowest BCUT2D eigenvalue weighted by atomic mass is 10.2. The van der Waals surface area contributed by atoms with Crippen molar-refractivity contribution in [2.75, 3.05) is 17.2 Å². The smallest absolute Gasteiger partial charge is 0.201 e. The zero-order chi connectivity index (χ0) is 13.1. The molecule has 1 unspecified atom stereocenters. The lowest BCUT2D eigenvalue weighted by Gasteiger charge is -2.15. The number of thioether (sulfide) groups is 1. The molecule has 0 fully saturated rings. The fourth-order valence-electron chi connectivity index (χ4n) is 2.08. The number of benzene rings is 1. The summed E-state index contributed by atoms with van der Waals surface area (Å²) in [4.78, 5) is 4.37. The predicted octanol–water partition coefficient (Wildman–Crippen LogP) is 3.98. The fourth-order valence-corrected chi connectivity index (χ4v) is 3.04.